The van der Waals surface area contributed by atoms with Gasteiger partial charge >= 0.3 is 5.97 Å². The van der Waals surface area contributed by atoms with E-state index in [1.54, 1.807) is 52.8 Å². The molecule has 2 unspecified atom stereocenters. The predicted molar refractivity (Wildman–Crippen MR) is 115 cm³/mol. The second-order valence-corrected chi connectivity index (χ2v) is 8.03. The predicted octanol–water partition coefficient (Wildman–Crippen LogP) is 4.66. The Morgan fingerprint density at radius 1 is 0.931 bits per heavy atom. The van der Waals surface area contributed by atoms with Gasteiger partial charge in [0.05, 0.1) is 16.9 Å². The van der Waals surface area contributed by atoms with Gasteiger partial charge in [0.2, 0.25) is 11.2 Å². The summed E-state index contributed by atoms with van der Waals surface area (Å²) in [5.41, 5.74) is 2.08. The Balaban J connectivity index is 1.82. The van der Waals surface area contributed by atoms with Crippen molar-refractivity contribution in [2.45, 2.75) is 6.04 Å². The molecule has 146 valence electrons. The van der Waals surface area contributed by atoms with E-state index in [0.29, 0.717) is 16.4 Å². The molecule has 0 aromatic heterocycles. The van der Waals surface area contributed by atoms with Gasteiger partial charge in [-0.15, -0.1) is 0 Å². The summed E-state index contributed by atoms with van der Waals surface area (Å²) in [6.45, 7) is 0. The van der Waals surface area contributed by atoms with Crippen molar-refractivity contribution in [3.63, 3.8) is 0 Å². The number of carboxylic acids is 1. The van der Waals surface area contributed by atoms with E-state index < -0.39 is 23.2 Å². The van der Waals surface area contributed by atoms with Gasteiger partial charge in [0, 0.05) is 5.02 Å². The number of benzene rings is 3. The Labute approximate surface area is 175 Å². The van der Waals surface area contributed by atoms with E-state index in [2.05, 4.69) is 0 Å². The number of para-hydroxylation sites is 1. The topological polar surface area (TPSA) is 84.7 Å². The lowest BCUT2D eigenvalue weighted by Crippen LogP contribution is -2.27. The summed E-state index contributed by atoms with van der Waals surface area (Å²) in [5.74, 6) is -0.883. The minimum Gasteiger partial charge on any atom is -0.478 e. The molecule has 2 N–H and O–H groups in total. The Bertz CT molecular complexity index is 1090. The Hall–Kier alpha value is -3.16. The molecule has 0 amide bonds. The number of hydrogen-bond donors (Lipinski definition) is 2. The lowest BCUT2D eigenvalue weighted by molar-refractivity contribution is 0.0697. The molecule has 8 heteroatoms. The standard InChI is InChI=1S/C21H16ClN3O3S/c22-16-10-6-14(7-11-16)19-20(23)25(17-4-2-1-3-5-17)29(28)24(19)18-12-8-15(9-13-18)21(26)27/h1-13,19,23H,(H,26,27). The maximum Gasteiger partial charge on any atom is 0.335 e. The fourth-order valence-electron chi connectivity index (χ4n) is 3.21. The first kappa shape index (κ1) is 19.2. The number of carboxylic acid groups (broad SMARTS) is 1. The zero-order valence-corrected chi connectivity index (χ0v) is 16.6. The second kappa shape index (κ2) is 7.69. The Morgan fingerprint density at radius 3 is 2.14 bits per heavy atom. The number of hydrogen-bond acceptors (Lipinski definition) is 3. The molecule has 1 aliphatic heterocycles. The number of nitrogens with one attached hydrogen (secondary N) is 1. The monoisotopic (exact) mass is 425 g/mol. The van der Waals surface area contributed by atoms with Gasteiger partial charge in [-0.25, -0.2) is 13.3 Å². The van der Waals surface area contributed by atoms with E-state index >= 15 is 0 Å². The van der Waals surface area contributed by atoms with Crippen molar-refractivity contribution in [3.05, 3.63) is 95.0 Å². The number of carbonyl (C=O) groups is 1. The first-order chi connectivity index (χ1) is 14.0. The number of aromatic carboxylic acids is 1. The highest BCUT2D eigenvalue weighted by atomic mass is 35.5. The van der Waals surface area contributed by atoms with E-state index in [-0.39, 0.29) is 11.4 Å². The third-order valence-electron chi connectivity index (χ3n) is 4.58. The largest absolute Gasteiger partial charge is 0.478 e. The highest BCUT2D eigenvalue weighted by Crippen LogP contribution is 2.40. The molecule has 0 spiro atoms. The van der Waals surface area contributed by atoms with Crippen LogP contribution in [0.25, 0.3) is 0 Å². The summed E-state index contributed by atoms with van der Waals surface area (Å²) in [4.78, 5) is 11.2. The number of anilines is 2. The van der Waals surface area contributed by atoms with Crippen molar-refractivity contribution < 1.29 is 14.1 Å². The molecule has 2 atom stereocenters. The maximum absolute atomic E-state index is 13.5. The molecule has 0 radical (unpaired) electrons. The van der Waals surface area contributed by atoms with Crippen LogP contribution in [0.5, 0.6) is 0 Å². The number of rotatable bonds is 4. The lowest BCUT2D eigenvalue weighted by Gasteiger charge is -2.23. The average Bonchev–Trinajstić information content (AvgIpc) is 2.99. The van der Waals surface area contributed by atoms with Gasteiger partial charge < -0.3 is 5.11 Å². The number of nitrogens with zero attached hydrogens (tertiary/aromatic N) is 2. The molecule has 3 aromatic rings. The molecule has 1 fully saturated rings. The number of halogens is 1. The summed E-state index contributed by atoms with van der Waals surface area (Å²) < 4.78 is 16.5. The summed E-state index contributed by atoms with van der Waals surface area (Å²) >= 11 is 4.29. The Morgan fingerprint density at radius 2 is 1.55 bits per heavy atom. The minimum absolute atomic E-state index is 0.136. The van der Waals surface area contributed by atoms with Crippen LogP contribution >= 0.6 is 11.6 Å². The molecule has 1 heterocycles. The summed E-state index contributed by atoms with van der Waals surface area (Å²) in [6, 6.07) is 21.6. The van der Waals surface area contributed by atoms with Crippen molar-refractivity contribution >= 4 is 46.0 Å². The fraction of sp³-hybridized carbons (Fsp3) is 0.0476. The third-order valence-corrected chi connectivity index (χ3v) is 6.31. The minimum atomic E-state index is -1.72. The van der Waals surface area contributed by atoms with E-state index in [0.717, 1.165) is 5.56 Å². The van der Waals surface area contributed by atoms with Gasteiger partial charge in [-0.1, -0.05) is 41.9 Å². The maximum atomic E-state index is 13.5. The van der Waals surface area contributed by atoms with Gasteiger partial charge in [-0.05, 0) is 54.1 Å². The SMILES string of the molecule is N=C1C(c2ccc(Cl)cc2)N(c2ccc(C(=O)O)cc2)S(=O)N1c1ccccc1. The van der Waals surface area contributed by atoms with Crippen LogP contribution in [0.4, 0.5) is 11.4 Å². The van der Waals surface area contributed by atoms with E-state index in [1.165, 1.54) is 16.4 Å². The van der Waals surface area contributed by atoms with Crippen LogP contribution in [0.3, 0.4) is 0 Å². The highest BCUT2D eigenvalue weighted by molar-refractivity contribution is 7.89. The van der Waals surface area contributed by atoms with Gasteiger partial charge in [-0.2, -0.15) is 0 Å². The first-order valence-electron chi connectivity index (χ1n) is 8.71. The van der Waals surface area contributed by atoms with Crippen molar-refractivity contribution in [1.29, 1.82) is 5.41 Å². The smallest absolute Gasteiger partial charge is 0.335 e. The molecular formula is C21H16ClN3O3S. The van der Waals surface area contributed by atoms with Gasteiger partial charge in [0.25, 0.3) is 0 Å². The van der Waals surface area contributed by atoms with Crippen LogP contribution < -0.4 is 8.61 Å². The van der Waals surface area contributed by atoms with Gasteiger partial charge in [0.15, 0.2) is 0 Å². The van der Waals surface area contributed by atoms with Crippen molar-refractivity contribution in [1.82, 2.24) is 0 Å². The van der Waals surface area contributed by atoms with Crippen LogP contribution in [0.1, 0.15) is 22.0 Å². The van der Waals surface area contributed by atoms with Crippen LogP contribution in [0.15, 0.2) is 78.9 Å². The molecule has 29 heavy (non-hydrogen) atoms. The van der Waals surface area contributed by atoms with E-state index in [4.69, 9.17) is 22.1 Å². The van der Waals surface area contributed by atoms with Gasteiger partial charge in [0.1, 0.15) is 11.9 Å². The normalized spacial score (nSPS) is 18.9. The van der Waals surface area contributed by atoms with E-state index in [1.807, 2.05) is 18.2 Å². The van der Waals surface area contributed by atoms with Crippen LogP contribution in [0, 0.1) is 5.41 Å². The van der Waals surface area contributed by atoms with E-state index in [9.17, 15) is 9.00 Å². The molecule has 6 nitrogen and oxygen atoms in total. The lowest BCUT2D eigenvalue weighted by atomic mass is 10.0. The first-order valence-corrected chi connectivity index (χ1v) is 10.1. The number of amidine groups is 1. The molecule has 1 aliphatic rings. The molecule has 0 saturated carbocycles. The molecule has 0 bridgehead atoms. The second-order valence-electron chi connectivity index (χ2n) is 6.38. The fourth-order valence-corrected chi connectivity index (χ4v) is 4.78. The van der Waals surface area contributed by atoms with Crippen molar-refractivity contribution in [2.24, 2.45) is 0 Å². The van der Waals surface area contributed by atoms with Gasteiger partial charge in [-0.3, -0.25) is 9.71 Å². The zero-order valence-electron chi connectivity index (χ0n) is 15.0. The third kappa shape index (κ3) is 3.50. The molecule has 4 rings (SSSR count). The summed E-state index contributed by atoms with van der Waals surface area (Å²) in [6.07, 6.45) is 0. The van der Waals surface area contributed by atoms with Crippen LogP contribution in [-0.4, -0.2) is 21.1 Å². The van der Waals surface area contributed by atoms with Crippen LogP contribution in [0.2, 0.25) is 5.02 Å². The quantitative estimate of drug-likeness (QED) is 0.637. The average molecular weight is 426 g/mol. The molecular weight excluding hydrogens is 410 g/mol. The van der Waals surface area contributed by atoms with Crippen LogP contribution in [-0.2, 0) is 11.2 Å². The summed E-state index contributed by atoms with van der Waals surface area (Å²) in [7, 11) is 0. The van der Waals surface area contributed by atoms with Crippen molar-refractivity contribution in [2.75, 3.05) is 8.61 Å². The molecule has 0 aliphatic carbocycles. The zero-order chi connectivity index (χ0) is 20.5. The molecule has 1 saturated heterocycles. The van der Waals surface area contributed by atoms with Crippen molar-refractivity contribution in [3.8, 4) is 0 Å². The Kier molecular flexibility index (Phi) is 5.08. The highest BCUT2D eigenvalue weighted by Gasteiger charge is 2.44. The molecule has 3 aromatic carbocycles. The summed E-state index contributed by atoms with van der Waals surface area (Å²) in [5, 5.41) is 18.5.